The van der Waals surface area contributed by atoms with E-state index in [0.717, 1.165) is 6.42 Å². The molecule has 0 bridgehead atoms. The molecule has 84 valence electrons. The molecule has 16 heavy (non-hydrogen) atoms. The Morgan fingerprint density at radius 3 is 2.88 bits per heavy atom. The van der Waals surface area contributed by atoms with Crippen LogP contribution < -0.4 is 5.32 Å². The molecule has 3 heteroatoms. The van der Waals surface area contributed by atoms with E-state index in [1.807, 2.05) is 6.07 Å². The molecule has 0 heterocycles. The third-order valence-corrected chi connectivity index (χ3v) is 2.22. The maximum atomic E-state index is 11.5. The van der Waals surface area contributed by atoms with Gasteiger partial charge in [-0.15, -0.1) is 0 Å². The second-order valence-electron chi connectivity index (χ2n) is 4.17. The maximum absolute atomic E-state index is 11.5. The van der Waals surface area contributed by atoms with Gasteiger partial charge in [-0.05, 0) is 30.5 Å². The largest absolute Gasteiger partial charge is 0.326 e. The second kappa shape index (κ2) is 5.92. The summed E-state index contributed by atoms with van der Waals surface area (Å²) in [5.74, 6) is 0.528. The first-order chi connectivity index (χ1) is 7.61. The van der Waals surface area contributed by atoms with Gasteiger partial charge in [0.1, 0.15) is 0 Å². The molecule has 1 aromatic carbocycles. The molecule has 0 radical (unpaired) electrons. The Morgan fingerprint density at radius 2 is 2.25 bits per heavy atom. The first kappa shape index (κ1) is 12.3. The number of nitrogens with one attached hydrogen (secondary N) is 1. The Balaban J connectivity index is 2.53. The van der Waals surface area contributed by atoms with Crippen molar-refractivity contribution in [3.05, 3.63) is 29.8 Å². The fraction of sp³-hybridized carbons (Fsp3) is 0.385. The highest BCUT2D eigenvalue weighted by atomic mass is 16.1. The van der Waals surface area contributed by atoms with Crippen LogP contribution >= 0.6 is 0 Å². The van der Waals surface area contributed by atoms with E-state index in [4.69, 9.17) is 5.26 Å². The summed E-state index contributed by atoms with van der Waals surface area (Å²) >= 11 is 0. The number of carbonyl (C=O) groups is 1. The lowest BCUT2D eigenvalue weighted by Crippen LogP contribution is -2.12. The van der Waals surface area contributed by atoms with Crippen molar-refractivity contribution < 1.29 is 4.79 Å². The summed E-state index contributed by atoms with van der Waals surface area (Å²) in [6.45, 7) is 4.17. The zero-order valence-corrected chi connectivity index (χ0v) is 9.66. The lowest BCUT2D eigenvalue weighted by Gasteiger charge is -2.06. The molecule has 0 saturated heterocycles. The van der Waals surface area contributed by atoms with Crippen molar-refractivity contribution in [2.45, 2.75) is 26.7 Å². The fourth-order valence-electron chi connectivity index (χ4n) is 1.31. The van der Waals surface area contributed by atoms with Crippen LogP contribution in [0.2, 0.25) is 0 Å². The van der Waals surface area contributed by atoms with Gasteiger partial charge in [-0.3, -0.25) is 4.79 Å². The number of hydrogen-bond donors (Lipinski definition) is 1. The molecule has 0 aliphatic carbocycles. The Hall–Kier alpha value is -1.82. The first-order valence-corrected chi connectivity index (χ1v) is 5.42. The predicted octanol–water partition coefficient (Wildman–Crippen LogP) is 2.93. The summed E-state index contributed by atoms with van der Waals surface area (Å²) in [6, 6.07) is 8.97. The number of benzene rings is 1. The Morgan fingerprint density at radius 1 is 1.50 bits per heavy atom. The Bertz CT molecular complexity index is 405. The van der Waals surface area contributed by atoms with Crippen LogP contribution in [0, 0.1) is 17.2 Å². The number of carbonyl (C=O) groups excluding carboxylic acids is 1. The fourth-order valence-corrected chi connectivity index (χ4v) is 1.31. The van der Waals surface area contributed by atoms with E-state index in [0.29, 0.717) is 23.6 Å². The van der Waals surface area contributed by atoms with Gasteiger partial charge in [-0.25, -0.2) is 0 Å². The van der Waals surface area contributed by atoms with Crippen molar-refractivity contribution in [2.75, 3.05) is 5.32 Å². The van der Waals surface area contributed by atoms with Crippen LogP contribution in [0.25, 0.3) is 0 Å². The Kier molecular flexibility index (Phi) is 4.53. The van der Waals surface area contributed by atoms with Gasteiger partial charge < -0.3 is 5.32 Å². The number of nitriles is 1. The van der Waals surface area contributed by atoms with E-state index in [1.54, 1.807) is 24.3 Å². The van der Waals surface area contributed by atoms with Crippen molar-refractivity contribution in [3.8, 4) is 6.07 Å². The molecule has 1 amide bonds. The molecule has 0 saturated carbocycles. The van der Waals surface area contributed by atoms with Crippen LogP contribution in [0.3, 0.4) is 0 Å². The van der Waals surface area contributed by atoms with Crippen LogP contribution in [0.1, 0.15) is 32.3 Å². The Labute approximate surface area is 96.1 Å². The molecule has 0 atom stereocenters. The molecule has 0 aliphatic heterocycles. The van der Waals surface area contributed by atoms with Crippen LogP contribution in [0.5, 0.6) is 0 Å². The van der Waals surface area contributed by atoms with Crippen molar-refractivity contribution >= 4 is 11.6 Å². The predicted molar refractivity (Wildman–Crippen MR) is 63.9 cm³/mol. The maximum Gasteiger partial charge on any atom is 0.224 e. The first-order valence-electron chi connectivity index (χ1n) is 5.42. The number of nitrogens with zero attached hydrogens (tertiary/aromatic N) is 1. The van der Waals surface area contributed by atoms with Gasteiger partial charge in [0, 0.05) is 12.1 Å². The molecule has 1 aromatic rings. The highest BCUT2D eigenvalue weighted by molar-refractivity contribution is 5.90. The topological polar surface area (TPSA) is 52.9 Å². The summed E-state index contributed by atoms with van der Waals surface area (Å²) in [6.07, 6.45) is 1.40. The third-order valence-electron chi connectivity index (χ3n) is 2.22. The lowest BCUT2D eigenvalue weighted by atomic mass is 10.1. The number of anilines is 1. The second-order valence-corrected chi connectivity index (χ2v) is 4.17. The summed E-state index contributed by atoms with van der Waals surface area (Å²) in [7, 11) is 0. The van der Waals surface area contributed by atoms with Gasteiger partial charge in [0.05, 0.1) is 11.6 Å². The van der Waals surface area contributed by atoms with Crippen molar-refractivity contribution in [3.63, 3.8) is 0 Å². The number of amides is 1. The van der Waals surface area contributed by atoms with Gasteiger partial charge in [-0.1, -0.05) is 19.9 Å². The molecule has 0 aromatic heterocycles. The average Bonchev–Trinajstić information content (AvgIpc) is 2.26. The van der Waals surface area contributed by atoms with E-state index >= 15 is 0 Å². The van der Waals surface area contributed by atoms with Gasteiger partial charge in [-0.2, -0.15) is 5.26 Å². The quantitative estimate of drug-likeness (QED) is 0.841. The van der Waals surface area contributed by atoms with Gasteiger partial charge in [0.25, 0.3) is 0 Å². The van der Waals surface area contributed by atoms with E-state index in [-0.39, 0.29) is 5.91 Å². The highest BCUT2D eigenvalue weighted by Crippen LogP contribution is 2.11. The zero-order chi connectivity index (χ0) is 12.0. The summed E-state index contributed by atoms with van der Waals surface area (Å²) in [5, 5.41) is 11.5. The van der Waals surface area contributed by atoms with Gasteiger partial charge in [0.2, 0.25) is 5.91 Å². The van der Waals surface area contributed by atoms with Crippen LogP contribution in [-0.2, 0) is 4.79 Å². The molecule has 1 N–H and O–H groups in total. The minimum Gasteiger partial charge on any atom is -0.326 e. The normalized spacial score (nSPS) is 9.88. The number of rotatable bonds is 4. The van der Waals surface area contributed by atoms with E-state index in [1.165, 1.54) is 0 Å². The van der Waals surface area contributed by atoms with Crippen LogP contribution in [0.4, 0.5) is 5.69 Å². The van der Waals surface area contributed by atoms with Gasteiger partial charge in [0.15, 0.2) is 0 Å². The van der Waals surface area contributed by atoms with Crippen LogP contribution in [0.15, 0.2) is 24.3 Å². The molecule has 0 aliphatic rings. The molecule has 0 fully saturated rings. The standard InChI is InChI=1S/C13H16N2O/c1-10(2)6-7-13(16)15-12-5-3-4-11(8-12)9-14/h3-5,8,10H,6-7H2,1-2H3,(H,15,16). The smallest absolute Gasteiger partial charge is 0.224 e. The number of hydrogen-bond acceptors (Lipinski definition) is 2. The minimum atomic E-state index is 0.00351. The van der Waals surface area contributed by atoms with Gasteiger partial charge >= 0.3 is 0 Å². The van der Waals surface area contributed by atoms with E-state index in [2.05, 4.69) is 19.2 Å². The van der Waals surface area contributed by atoms with Crippen molar-refractivity contribution in [1.82, 2.24) is 0 Å². The molecule has 0 spiro atoms. The third kappa shape index (κ3) is 4.14. The van der Waals surface area contributed by atoms with E-state index < -0.39 is 0 Å². The molecular formula is C13H16N2O. The van der Waals surface area contributed by atoms with Crippen molar-refractivity contribution in [2.24, 2.45) is 5.92 Å². The molecule has 0 unspecified atom stereocenters. The molecule has 3 nitrogen and oxygen atoms in total. The average molecular weight is 216 g/mol. The molecule has 1 rings (SSSR count). The zero-order valence-electron chi connectivity index (χ0n) is 9.66. The van der Waals surface area contributed by atoms with E-state index in [9.17, 15) is 4.79 Å². The summed E-state index contributed by atoms with van der Waals surface area (Å²) in [5.41, 5.74) is 1.24. The highest BCUT2D eigenvalue weighted by Gasteiger charge is 2.04. The van der Waals surface area contributed by atoms with Crippen LogP contribution in [-0.4, -0.2) is 5.91 Å². The summed E-state index contributed by atoms with van der Waals surface area (Å²) in [4.78, 5) is 11.5. The summed E-state index contributed by atoms with van der Waals surface area (Å²) < 4.78 is 0. The molecular weight excluding hydrogens is 200 g/mol. The van der Waals surface area contributed by atoms with Crippen molar-refractivity contribution in [1.29, 1.82) is 5.26 Å². The lowest BCUT2D eigenvalue weighted by molar-refractivity contribution is -0.116. The SMILES string of the molecule is CC(C)CCC(=O)Nc1cccc(C#N)c1. The minimum absolute atomic E-state index is 0.00351. The monoisotopic (exact) mass is 216 g/mol.